The predicted octanol–water partition coefficient (Wildman–Crippen LogP) is 2.60. The van der Waals surface area contributed by atoms with Crippen molar-refractivity contribution in [3.8, 4) is 0 Å². The van der Waals surface area contributed by atoms with Crippen LogP contribution < -0.4 is 0 Å². The van der Waals surface area contributed by atoms with Gasteiger partial charge in [0.05, 0.1) is 0 Å². The van der Waals surface area contributed by atoms with E-state index in [0.717, 1.165) is 11.5 Å². The van der Waals surface area contributed by atoms with Gasteiger partial charge in [0, 0.05) is 15.7 Å². The maximum atomic E-state index is 4.27. The van der Waals surface area contributed by atoms with E-state index >= 15 is 0 Å². The molecule has 4 heteroatoms. The van der Waals surface area contributed by atoms with Crippen molar-refractivity contribution < 1.29 is 0 Å². The molecule has 0 unspecified atom stereocenters. The fourth-order valence-corrected chi connectivity index (χ4v) is 2.27. The quantitative estimate of drug-likeness (QED) is 0.758. The highest BCUT2D eigenvalue weighted by atomic mass is 127. The summed E-state index contributed by atoms with van der Waals surface area (Å²) in [6, 6.07) is 4.16. The molecule has 3 nitrogen and oxygen atoms in total. The average Bonchev–Trinajstić information content (AvgIpc) is 2.45. The first kappa shape index (κ1) is 8.64. The number of hydrogen-bond acceptors (Lipinski definition) is 2. The Hall–Kier alpha value is -0.650. The fourth-order valence-electron chi connectivity index (χ4n) is 1.83. The van der Waals surface area contributed by atoms with E-state index < -0.39 is 0 Å². The molecule has 0 N–H and O–H groups in total. The Balaban J connectivity index is 2.16. The SMILES string of the molecule is Ic1ccn2c(C3CCC3)nnc2c1. The van der Waals surface area contributed by atoms with E-state index in [-0.39, 0.29) is 0 Å². The monoisotopic (exact) mass is 299 g/mol. The molecular weight excluding hydrogens is 289 g/mol. The lowest BCUT2D eigenvalue weighted by atomic mass is 9.85. The normalized spacial score (nSPS) is 17.2. The van der Waals surface area contributed by atoms with Crippen LogP contribution >= 0.6 is 22.6 Å². The molecular formula is C10H10IN3. The third-order valence-corrected chi connectivity index (χ3v) is 3.54. The maximum absolute atomic E-state index is 4.27. The number of aromatic nitrogens is 3. The van der Waals surface area contributed by atoms with Crippen molar-refractivity contribution in [1.29, 1.82) is 0 Å². The van der Waals surface area contributed by atoms with Crippen LogP contribution in [0, 0.1) is 3.57 Å². The van der Waals surface area contributed by atoms with Crippen molar-refractivity contribution in [3.05, 3.63) is 27.7 Å². The molecule has 0 aliphatic heterocycles. The smallest absolute Gasteiger partial charge is 0.161 e. The highest BCUT2D eigenvalue weighted by Gasteiger charge is 2.24. The second-order valence-corrected chi connectivity index (χ2v) is 5.00. The molecule has 0 aromatic carbocycles. The largest absolute Gasteiger partial charge is 0.286 e. The molecule has 1 aliphatic carbocycles. The number of pyridine rings is 1. The van der Waals surface area contributed by atoms with Crippen molar-refractivity contribution in [2.45, 2.75) is 25.2 Å². The lowest BCUT2D eigenvalue weighted by Gasteiger charge is -2.23. The van der Waals surface area contributed by atoms with Crippen molar-refractivity contribution in [1.82, 2.24) is 14.6 Å². The van der Waals surface area contributed by atoms with Gasteiger partial charge in [0.2, 0.25) is 0 Å². The molecule has 0 atom stereocenters. The molecule has 0 saturated heterocycles. The Morgan fingerprint density at radius 1 is 1.36 bits per heavy atom. The minimum atomic E-state index is 0.644. The van der Waals surface area contributed by atoms with Gasteiger partial charge in [0.1, 0.15) is 5.82 Å². The molecule has 0 radical (unpaired) electrons. The van der Waals surface area contributed by atoms with Gasteiger partial charge in [-0.25, -0.2) is 0 Å². The Bertz CT molecular complexity index is 473. The first-order chi connectivity index (χ1) is 6.84. The van der Waals surface area contributed by atoms with Crippen LogP contribution in [0.25, 0.3) is 5.65 Å². The molecule has 1 saturated carbocycles. The van der Waals surface area contributed by atoms with Crippen molar-refractivity contribution in [2.24, 2.45) is 0 Å². The minimum absolute atomic E-state index is 0.644. The lowest BCUT2D eigenvalue weighted by molar-refractivity contribution is 0.399. The average molecular weight is 299 g/mol. The molecule has 1 fully saturated rings. The first-order valence-corrected chi connectivity index (χ1v) is 5.92. The number of rotatable bonds is 1. The molecule has 2 aromatic heterocycles. The zero-order chi connectivity index (χ0) is 9.54. The lowest BCUT2D eigenvalue weighted by Crippen LogP contribution is -2.12. The minimum Gasteiger partial charge on any atom is -0.286 e. The molecule has 2 aromatic rings. The second-order valence-electron chi connectivity index (χ2n) is 3.76. The van der Waals surface area contributed by atoms with Gasteiger partial charge in [-0.15, -0.1) is 10.2 Å². The molecule has 0 spiro atoms. The van der Waals surface area contributed by atoms with Crippen LogP contribution in [-0.2, 0) is 0 Å². The van der Waals surface area contributed by atoms with E-state index in [9.17, 15) is 0 Å². The fraction of sp³-hybridized carbons (Fsp3) is 0.400. The van der Waals surface area contributed by atoms with Crippen molar-refractivity contribution in [3.63, 3.8) is 0 Å². The van der Waals surface area contributed by atoms with Crippen LogP contribution in [0.1, 0.15) is 31.0 Å². The summed E-state index contributed by atoms with van der Waals surface area (Å²) in [5.41, 5.74) is 0.971. The van der Waals surface area contributed by atoms with Crippen LogP contribution in [0.5, 0.6) is 0 Å². The molecule has 14 heavy (non-hydrogen) atoms. The summed E-state index contributed by atoms with van der Waals surface area (Å²) >= 11 is 2.30. The van der Waals surface area contributed by atoms with E-state index in [1.807, 2.05) is 0 Å². The van der Waals surface area contributed by atoms with Gasteiger partial charge >= 0.3 is 0 Å². The van der Waals surface area contributed by atoms with Crippen LogP contribution in [-0.4, -0.2) is 14.6 Å². The first-order valence-electron chi connectivity index (χ1n) is 4.85. The van der Waals surface area contributed by atoms with Crippen LogP contribution in [0.2, 0.25) is 0 Å². The maximum Gasteiger partial charge on any atom is 0.161 e. The Morgan fingerprint density at radius 3 is 2.93 bits per heavy atom. The summed E-state index contributed by atoms with van der Waals surface area (Å²) in [5.74, 6) is 1.78. The standard InChI is InChI=1S/C10H10IN3/c11-8-4-5-14-9(6-8)12-13-10(14)7-2-1-3-7/h4-7H,1-3H2. The van der Waals surface area contributed by atoms with Gasteiger partial charge in [0.15, 0.2) is 5.65 Å². The topological polar surface area (TPSA) is 30.2 Å². The molecule has 0 amide bonds. The van der Waals surface area contributed by atoms with Crippen LogP contribution in [0.15, 0.2) is 18.3 Å². The summed E-state index contributed by atoms with van der Waals surface area (Å²) < 4.78 is 3.33. The molecule has 0 bridgehead atoms. The molecule has 2 heterocycles. The summed E-state index contributed by atoms with van der Waals surface area (Å²) in [7, 11) is 0. The van der Waals surface area contributed by atoms with E-state index in [4.69, 9.17) is 0 Å². The van der Waals surface area contributed by atoms with Crippen LogP contribution in [0.3, 0.4) is 0 Å². The highest BCUT2D eigenvalue weighted by molar-refractivity contribution is 14.1. The predicted molar refractivity (Wildman–Crippen MR) is 62.3 cm³/mol. The van der Waals surface area contributed by atoms with Crippen molar-refractivity contribution in [2.75, 3.05) is 0 Å². The van der Waals surface area contributed by atoms with Gasteiger partial charge in [-0.2, -0.15) is 0 Å². The molecule has 1 aliphatic rings. The van der Waals surface area contributed by atoms with Gasteiger partial charge < -0.3 is 0 Å². The zero-order valence-electron chi connectivity index (χ0n) is 7.65. The van der Waals surface area contributed by atoms with E-state index in [1.54, 1.807) is 0 Å². The summed E-state index contributed by atoms with van der Waals surface area (Å²) in [5, 5.41) is 8.46. The Kier molecular flexibility index (Phi) is 1.97. The van der Waals surface area contributed by atoms with E-state index in [0.29, 0.717) is 5.92 Å². The van der Waals surface area contributed by atoms with Gasteiger partial charge in [-0.1, -0.05) is 6.42 Å². The third-order valence-electron chi connectivity index (χ3n) is 2.87. The van der Waals surface area contributed by atoms with Gasteiger partial charge in [0.25, 0.3) is 0 Å². The molecule has 3 rings (SSSR count). The van der Waals surface area contributed by atoms with Crippen molar-refractivity contribution >= 4 is 28.2 Å². The second kappa shape index (κ2) is 3.18. The Labute approximate surface area is 95.7 Å². The number of fused-ring (bicyclic) bond motifs is 1. The number of hydrogen-bond donors (Lipinski definition) is 0. The summed E-state index contributed by atoms with van der Waals surface area (Å²) in [6.07, 6.45) is 5.95. The Morgan fingerprint density at radius 2 is 2.21 bits per heavy atom. The number of nitrogens with zero attached hydrogens (tertiary/aromatic N) is 3. The number of halogens is 1. The summed E-state index contributed by atoms with van der Waals surface area (Å²) in [6.45, 7) is 0. The summed E-state index contributed by atoms with van der Waals surface area (Å²) in [4.78, 5) is 0. The zero-order valence-corrected chi connectivity index (χ0v) is 9.81. The van der Waals surface area contributed by atoms with E-state index in [2.05, 4.69) is 55.5 Å². The van der Waals surface area contributed by atoms with E-state index in [1.165, 1.54) is 22.8 Å². The third kappa shape index (κ3) is 1.24. The molecule has 72 valence electrons. The van der Waals surface area contributed by atoms with Crippen LogP contribution in [0.4, 0.5) is 0 Å². The van der Waals surface area contributed by atoms with Gasteiger partial charge in [-0.3, -0.25) is 4.40 Å². The van der Waals surface area contributed by atoms with Gasteiger partial charge in [-0.05, 0) is 47.6 Å². The highest BCUT2D eigenvalue weighted by Crippen LogP contribution is 2.35.